The SMILES string of the molecule is Cc1nc(CN(CCN(C)C)CC(=O)O)cs1. The summed E-state index contributed by atoms with van der Waals surface area (Å²) in [5.74, 6) is -0.796. The maximum atomic E-state index is 10.8. The first-order chi connectivity index (χ1) is 7.97. The van der Waals surface area contributed by atoms with Crippen LogP contribution in [0.2, 0.25) is 0 Å². The lowest BCUT2D eigenvalue weighted by Gasteiger charge is -2.21. The second kappa shape index (κ2) is 6.68. The Morgan fingerprint density at radius 3 is 2.65 bits per heavy atom. The number of hydrogen-bond acceptors (Lipinski definition) is 5. The molecule has 1 rings (SSSR count). The molecular formula is C11H19N3O2S. The molecule has 1 heterocycles. The van der Waals surface area contributed by atoms with Crippen LogP contribution in [0.5, 0.6) is 0 Å². The molecule has 0 bridgehead atoms. The molecule has 0 radical (unpaired) electrons. The van der Waals surface area contributed by atoms with Crippen molar-refractivity contribution >= 4 is 17.3 Å². The molecule has 0 aliphatic carbocycles. The summed E-state index contributed by atoms with van der Waals surface area (Å²) < 4.78 is 0. The second-order valence-corrected chi connectivity index (χ2v) is 5.33. The summed E-state index contributed by atoms with van der Waals surface area (Å²) in [6, 6.07) is 0. The molecule has 6 heteroatoms. The molecule has 5 nitrogen and oxygen atoms in total. The predicted molar refractivity (Wildman–Crippen MR) is 68.3 cm³/mol. The van der Waals surface area contributed by atoms with Gasteiger partial charge >= 0.3 is 5.97 Å². The minimum Gasteiger partial charge on any atom is -0.480 e. The molecule has 0 unspecified atom stereocenters. The van der Waals surface area contributed by atoms with Crippen LogP contribution in [0.4, 0.5) is 0 Å². The van der Waals surface area contributed by atoms with E-state index in [9.17, 15) is 4.79 Å². The van der Waals surface area contributed by atoms with E-state index in [4.69, 9.17) is 5.11 Å². The summed E-state index contributed by atoms with van der Waals surface area (Å²) in [6.07, 6.45) is 0. The quantitative estimate of drug-likeness (QED) is 0.786. The Morgan fingerprint density at radius 1 is 1.47 bits per heavy atom. The highest BCUT2D eigenvalue weighted by Crippen LogP contribution is 2.10. The van der Waals surface area contributed by atoms with Crippen LogP contribution < -0.4 is 0 Å². The highest BCUT2D eigenvalue weighted by molar-refractivity contribution is 7.09. The van der Waals surface area contributed by atoms with Crippen LogP contribution in [0.1, 0.15) is 10.7 Å². The molecule has 0 aliphatic rings. The fraction of sp³-hybridized carbons (Fsp3) is 0.636. The third-order valence-electron chi connectivity index (χ3n) is 2.27. The maximum absolute atomic E-state index is 10.8. The smallest absolute Gasteiger partial charge is 0.317 e. The van der Waals surface area contributed by atoms with E-state index in [-0.39, 0.29) is 6.54 Å². The molecule has 0 amide bonds. The summed E-state index contributed by atoms with van der Waals surface area (Å²) in [5.41, 5.74) is 0.951. The molecule has 0 atom stereocenters. The first-order valence-electron chi connectivity index (χ1n) is 5.47. The van der Waals surface area contributed by atoms with Crippen LogP contribution >= 0.6 is 11.3 Å². The number of aryl methyl sites for hydroxylation is 1. The average Bonchev–Trinajstić information content (AvgIpc) is 2.59. The van der Waals surface area contributed by atoms with E-state index in [0.717, 1.165) is 23.8 Å². The molecule has 1 aromatic heterocycles. The Kier molecular flexibility index (Phi) is 5.54. The van der Waals surface area contributed by atoms with Crippen LogP contribution in [0, 0.1) is 6.92 Å². The van der Waals surface area contributed by atoms with Crippen molar-refractivity contribution in [3.8, 4) is 0 Å². The monoisotopic (exact) mass is 257 g/mol. The van der Waals surface area contributed by atoms with Gasteiger partial charge < -0.3 is 10.0 Å². The molecule has 0 saturated carbocycles. The van der Waals surface area contributed by atoms with Crippen LogP contribution in [-0.2, 0) is 11.3 Å². The fourth-order valence-electron chi connectivity index (χ4n) is 1.46. The maximum Gasteiger partial charge on any atom is 0.317 e. The first-order valence-corrected chi connectivity index (χ1v) is 6.35. The zero-order chi connectivity index (χ0) is 12.8. The first kappa shape index (κ1) is 14.1. The number of carboxylic acid groups (broad SMARTS) is 1. The van der Waals surface area contributed by atoms with Gasteiger partial charge in [0.05, 0.1) is 17.2 Å². The number of aromatic nitrogens is 1. The zero-order valence-corrected chi connectivity index (χ0v) is 11.3. The normalized spacial score (nSPS) is 11.4. The summed E-state index contributed by atoms with van der Waals surface area (Å²) in [6.45, 7) is 4.19. The number of nitrogens with zero attached hydrogens (tertiary/aromatic N) is 3. The van der Waals surface area contributed by atoms with Gasteiger partial charge in [0, 0.05) is 25.0 Å². The van der Waals surface area contributed by atoms with Crippen LogP contribution in [0.25, 0.3) is 0 Å². The van der Waals surface area contributed by atoms with E-state index in [1.54, 1.807) is 11.3 Å². The van der Waals surface area contributed by atoms with Crippen LogP contribution in [0.15, 0.2) is 5.38 Å². The molecular weight excluding hydrogens is 238 g/mol. The zero-order valence-electron chi connectivity index (χ0n) is 10.5. The van der Waals surface area contributed by atoms with Crippen molar-refractivity contribution in [2.75, 3.05) is 33.7 Å². The number of thiazole rings is 1. The van der Waals surface area contributed by atoms with Crippen molar-refractivity contribution < 1.29 is 9.90 Å². The third kappa shape index (κ3) is 5.76. The Labute approximate surface area is 106 Å². The molecule has 17 heavy (non-hydrogen) atoms. The van der Waals surface area contributed by atoms with Gasteiger partial charge in [-0.25, -0.2) is 4.98 Å². The fourth-order valence-corrected chi connectivity index (χ4v) is 2.06. The van der Waals surface area contributed by atoms with Gasteiger partial charge in [0.25, 0.3) is 0 Å². The minimum absolute atomic E-state index is 0.0599. The van der Waals surface area contributed by atoms with E-state index in [0.29, 0.717) is 6.54 Å². The molecule has 0 aromatic carbocycles. The molecule has 1 N–H and O–H groups in total. The van der Waals surface area contributed by atoms with Crippen LogP contribution in [0.3, 0.4) is 0 Å². The van der Waals surface area contributed by atoms with Gasteiger partial charge in [-0.05, 0) is 21.0 Å². The van der Waals surface area contributed by atoms with Crippen molar-refractivity contribution in [2.24, 2.45) is 0 Å². The Bertz CT molecular complexity index is 365. The molecule has 0 aliphatic heterocycles. The Balaban J connectivity index is 2.53. The molecule has 0 saturated heterocycles. The van der Waals surface area contributed by atoms with Gasteiger partial charge in [-0.2, -0.15) is 0 Å². The summed E-state index contributed by atoms with van der Waals surface area (Å²) >= 11 is 1.59. The predicted octanol–water partition coefficient (Wildman–Crippen LogP) is 0.900. The highest BCUT2D eigenvalue weighted by atomic mass is 32.1. The number of rotatable bonds is 7. The topological polar surface area (TPSA) is 56.7 Å². The van der Waals surface area contributed by atoms with E-state index < -0.39 is 5.97 Å². The van der Waals surface area contributed by atoms with Gasteiger partial charge in [0.2, 0.25) is 0 Å². The highest BCUT2D eigenvalue weighted by Gasteiger charge is 2.12. The van der Waals surface area contributed by atoms with E-state index >= 15 is 0 Å². The van der Waals surface area contributed by atoms with Crippen molar-refractivity contribution in [1.82, 2.24) is 14.8 Å². The molecule has 1 aromatic rings. The molecule has 0 fully saturated rings. The minimum atomic E-state index is -0.796. The van der Waals surface area contributed by atoms with Crippen molar-refractivity contribution in [3.05, 3.63) is 16.1 Å². The number of likely N-dealkylation sites (N-methyl/N-ethyl adjacent to an activating group) is 1. The average molecular weight is 257 g/mol. The van der Waals surface area contributed by atoms with Crippen molar-refractivity contribution in [3.63, 3.8) is 0 Å². The number of carboxylic acids is 1. The third-order valence-corrected chi connectivity index (χ3v) is 3.10. The number of hydrogen-bond donors (Lipinski definition) is 1. The largest absolute Gasteiger partial charge is 0.480 e. The van der Waals surface area contributed by atoms with Gasteiger partial charge in [-0.1, -0.05) is 0 Å². The lowest BCUT2D eigenvalue weighted by Crippen LogP contribution is -2.35. The van der Waals surface area contributed by atoms with Gasteiger partial charge in [-0.15, -0.1) is 11.3 Å². The van der Waals surface area contributed by atoms with E-state index in [2.05, 4.69) is 4.98 Å². The number of carbonyl (C=O) groups is 1. The van der Waals surface area contributed by atoms with Gasteiger partial charge in [0.15, 0.2) is 0 Å². The summed E-state index contributed by atoms with van der Waals surface area (Å²) in [7, 11) is 3.96. The lowest BCUT2D eigenvalue weighted by atomic mass is 10.4. The summed E-state index contributed by atoms with van der Waals surface area (Å²) in [4.78, 5) is 19.1. The lowest BCUT2D eigenvalue weighted by molar-refractivity contribution is -0.138. The standard InChI is InChI=1S/C11H19N3O2S/c1-9-12-10(8-17-9)6-14(7-11(15)16)5-4-13(2)3/h8H,4-7H2,1-3H3,(H,15,16). The van der Waals surface area contributed by atoms with E-state index in [1.807, 2.05) is 36.2 Å². The van der Waals surface area contributed by atoms with Crippen molar-refractivity contribution in [1.29, 1.82) is 0 Å². The van der Waals surface area contributed by atoms with Gasteiger partial charge in [-0.3, -0.25) is 9.69 Å². The van der Waals surface area contributed by atoms with Crippen molar-refractivity contribution in [2.45, 2.75) is 13.5 Å². The van der Waals surface area contributed by atoms with Crippen LogP contribution in [-0.4, -0.2) is 59.6 Å². The Morgan fingerprint density at radius 2 is 2.18 bits per heavy atom. The second-order valence-electron chi connectivity index (χ2n) is 4.27. The van der Waals surface area contributed by atoms with E-state index in [1.165, 1.54) is 0 Å². The number of aliphatic carboxylic acids is 1. The molecule has 0 spiro atoms. The summed E-state index contributed by atoms with van der Waals surface area (Å²) in [5, 5.41) is 11.9. The van der Waals surface area contributed by atoms with Gasteiger partial charge in [0.1, 0.15) is 0 Å². The Hall–Kier alpha value is -0.980. The molecule has 96 valence electrons.